The molecule has 4 unspecified atom stereocenters. The highest BCUT2D eigenvalue weighted by Crippen LogP contribution is 2.41. The number of ether oxygens (including phenoxy) is 4. The van der Waals surface area contributed by atoms with Crippen LogP contribution in [0, 0.1) is 0 Å². The zero-order valence-corrected chi connectivity index (χ0v) is 35.9. The predicted octanol–water partition coefficient (Wildman–Crippen LogP) is 15.2. The van der Waals surface area contributed by atoms with E-state index >= 15 is 0 Å². The summed E-state index contributed by atoms with van der Waals surface area (Å²) in [5.74, 6) is 3.81. The standard InChI is InChI=1S/C28H34O3.C26H30O3/c1-3-5-20-26(30-22-14-9-7-10-15-22)24-18-13-19-25(29)28(24)27(21-6-4-2)31-23-16-11-8-12-17-23;1-3-12-24(28-20-14-7-5-8-15-20)22-18-11-19-23(27)26(22)25(13-4-2)29-21-16-9-6-10-17-21/h7-19,26-27,29H,3-6,20-21H2,1-2H3;5-11,14-19,24-25,27H,3-4,12-13H2,1-2H3. The molecule has 0 radical (unpaired) electrons. The van der Waals surface area contributed by atoms with Gasteiger partial charge in [-0.05, 0) is 99.2 Å². The second-order valence-electron chi connectivity index (χ2n) is 15.1. The lowest BCUT2D eigenvalue weighted by Crippen LogP contribution is -2.16. The van der Waals surface area contributed by atoms with Gasteiger partial charge in [-0.15, -0.1) is 0 Å². The second kappa shape index (κ2) is 24.9. The normalized spacial score (nSPS) is 12.9. The Morgan fingerprint density at radius 1 is 0.333 bits per heavy atom. The quantitative estimate of drug-likeness (QED) is 0.0711. The van der Waals surface area contributed by atoms with E-state index in [-0.39, 0.29) is 35.9 Å². The summed E-state index contributed by atoms with van der Waals surface area (Å²) >= 11 is 0. The van der Waals surface area contributed by atoms with Gasteiger partial charge in [0, 0.05) is 22.3 Å². The third kappa shape index (κ3) is 13.6. The Hall–Kier alpha value is -5.88. The Bertz CT molecular complexity index is 2060. The molecule has 0 amide bonds. The summed E-state index contributed by atoms with van der Waals surface area (Å²) in [6.45, 7) is 8.64. The van der Waals surface area contributed by atoms with Gasteiger partial charge in [0.25, 0.3) is 0 Å². The SMILES string of the molecule is CCCC(Oc1ccccc1)c1cccc(O)c1C(CCC)Oc1ccccc1.CCCCC(Oc1ccccc1)c1cccc(O)c1C(CCCC)Oc1ccccc1. The minimum atomic E-state index is -0.239. The van der Waals surface area contributed by atoms with Gasteiger partial charge in [-0.1, -0.05) is 150 Å². The third-order valence-electron chi connectivity index (χ3n) is 10.4. The van der Waals surface area contributed by atoms with Crippen molar-refractivity contribution in [3.8, 4) is 34.5 Å². The summed E-state index contributed by atoms with van der Waals surface area (Å²) in [7, 11) is 0. The number of hydrogen-bond donors (Lipinski definition) is 2. The Morgan fingerprint density at radius 3 is 0.983 bits per heavy atom. The van der Waals surface area contributed by atoms with Crippen LogP contribution in [-0.2, 0) is 0 Å². The number of aromatic hydroxyl groups is 2. The van der Waals surface area contributed by atoms with Crippen molar-refractivity contribution in [1.29, 1.82) is 0 Å². The van der Waals surface area contributed by atoms with E-state index in [1.165, 1.54) is 0 Å². The lowest BCUT2D eigenvalue weighted by Gasteiger charge is -2.27. The van der Waals surface area contributed by atoms with Crippen LogP contribution >= 0.6 is 0 Å². The number of benzene rings is 6. The molecule has 0 saturated heterocycles. The lowest BCUT2D eigenvalue weighted by molar-refractivity contribution is 0.165. The Balaban J connectivity index is 0.000000228. The second-order valence-corrected chi connectivity index (χ2v) is 15.1. The van der Waals surface area contributed by atoms with Gasteiger partial charge in [0.2, 0.25) is 0 Å². The molecule has 0 heterocycles. The Morgan fingerprint density at radius 2 is 0.633 bits per heavy atom. The fourth-order valence-corrected chi connectivity index (χ4v) is 7.44. The van der Waals surface area contributed by atoms with Crippen molar-refractivity contribution in [3.63, 3.8) is 0 Å². The summed E-state index contributed by atoms with van der Waals surface area (Å²) in [4.78, 5) is 0. The van der Waals surface area contributed by atoms with Gasteiger partial charge in [-0.2, -0.15) is 0 Å². The first-order valence-electron chi connectivity index (χ1n) is 22.0. The zero-order valence-electron chi connectivity index (χ0n) is 35.9. The van der Waals surface area contributed by atoms with Gasteiger partial charge in [0.15, 0.2) is 0 Å². The van der Waals surface area contributed by atoms with Crippen LogP contribution in [0.1, 0.15) is 139 Å². The van der Waals surface area contributed by atoms with Crippen LogP contribution in [0.25, 0.3) is 0 Å². The zero-order chi connectivity index (χ0) is 42.4. The van der Waals surface area contributed by atoms with E-state index in [1.807, 2.05) is 133 Å². The molecule has 6 nitrogen and oxygen atoms in total. The molecular weight excluding hydrogens is 745 g/mol. The average Bonchev–Trinajstić information content (AvgIpc) is 3.28. The number of hydrogen-bond acceptors (Lipinski definition) is 6. The number of phenols is 2. The third-order valence-corrected chi connectivity index (χ3v) is 10.4. The van der Waals surface area contributed by atoms with Crippen molar-refractivity contribution in [3.05, 3.63) is 180 Å². The minimum Gasteiger partial charge on any atom is -0.508 e. The first-order valence-corrected chi connectivity index (χ1v) is 22.0. The van der Waals surface area contributed by atoms with E-state index in [0.29, 0.717) is 0 Å². The highest BCUT2D eigenvalue weighted by molar-refractivity contribution is 5.45. The van der Waals surface area contributed by atoms with Crippen LogP contribution in [0.2, 0.25) is 0 Å². The molecule has 6 rings (SSSR count). The molecule has 6 aromatic rings. The van der Waals surface area contributed by atoms with Crippen LogP contribution in [0.4, 0.5) is 0 Å². The minimum absolute atomic E-state index is 0.145. The fourth-order valence-electron chi connectivity index (χ4n) is 7.44. The number of phenolic OH excluding ortho intramolecular Hbond substituents is 2. The van der Waals surface area contributed by atoms with Gasteiger partial charge in [0.1, 0.15) is 58.9 Å². The van der Waals surface area contributed by atoms with Gasteiger partial charge in [-0.25, -0.2) is 0 Å². The topological polar surface area (TPSA) is 77.4 Å². The predicted molar refractivity (Wildman–Crippen MR) is 244 cm³/mol. The van der Waals surface area contributed by atoms with Crippen molar-refractivity contribution in [2.75, 3.05) is 0 Å². The van der Waals surface area contributed by atoms with Crippen molar-refractivity contribution in [1.82, 2.24) is 0 Å². The highest BCUT2D eigenvalue weighted by Gasteiger charge is 2.28. The summed E-state index contributed by atoms with van der Waals surface area (Å²) in [6, 6.07) is 50.8. The monoisotopic (exact) mass is 808 g/mol. The van der Waals surface area contributed by atoms with Crippen molar-refractivity contribution in [2.24, 2.45) is 0 Å². The van der Waals surface area contributed by atoms with E-state index in [1.54, 1.807) is 12.1 Å². The van der Waals surface area contributed by atoms with Gasteiger partial charge < -0.3 is 29.2 Å². The molecule has 0 saturated carbocycles. The van der Waals surface area contributed by atoms with E-state index in [9.17, 15) is 10.2 Å². The van der Waals surface area contributed by atoms with E-state index in [2.05, 4.69) is 39.8 Å². The van der Waals surface area contributed by atoms with Crippen molar-refractivity contribution < 1.29 is 29.2 Å². The molecular formula is C54H64O6. The molecule has 0 aliphatic heterocycles. The van der Waals surface area contributed by atoms with E-state index in [4.69, 9.17) is 18.9 Å². The Kier molecular flexibility index (Phi) is 18.8. The number of rotatable bonds is 22. The maximum Gasteiger partial charge on any atom is 0.128 e. The molecule has 60 heavy (non-hydrogen) atoms. The maximum atomic E-state index is 10.9. The van der Waals surface area contributed by atoms with Gasteiger partial charge in [0.05, 0.1) is 0 Å². The van der Waals surface area contributed by atoms with Crippen molar-refractivity contribution >= 4 is 0 Å². The summed E-state index contributed by atoms with van der Waals surface area (Å²) in [5, 5.41) is 21.8. The molecule has 6 heteroatoms. The van der Waals surface area contributed by atoms with Crippen LogP contribution in [-0.4, -0.2) is 10.2 Å². The largest absolute Gasteiger partial charge is 0.508 e. The maximum absolute atomic E-state index is 10.9. The summed E-state index contributed by atoms with van der Waals surface area (Å²) in [5.41, 5.74) is 3.67. The smallest absolute Gasteiger partial charge is 0.128 e. The van der Waals surface area contributed by atoms with E-state index < -0.39 is 0 Å². The molecule has 316 valence electrons. The molecule has 0 fully saturated rings. The fraction of sp³-hybridized carbons (Fsp3) is 0.333. The highest BCUT2D eigenvalue weighted by atomic mass is 16.5. The first kappa shape index (κ1) is 45.2. The van der Waals surface area contributed by atoms with Gasteiger partial charge >= 0.3 is 0 Å². The molecule has 0 aliphatic rings. The molecule has 0 aliphatic carbocycles. The van der Waals surface area contributed by atoms with Crippen LogP contribution in [0.15, 0.2) is 158 Å². The molecule has 2 N–H and O–H groups in total. The summed E-state index contributed by atoms with van der Waals surface area (Å²) < 4.78 is 25.5. The summed E-state index contributed by atoms with van der Waals surface area (Å²) in [6.07, 6.45) is 8.76. The number of unbranched alkanes of at least 4 members (excludes halogenated alkanes) is 2. The van der Waals surface area contributed by atoms with Crippen LogP contribution in [0.3, 0.4) is 0 Å². The van der Waals surface area contributed by atoms with E-state index in [0.717, 1.165) is 109 Å². The molecule has 4 atom stereocenters. The van der Waals surface area contributed by atoms with Crippen LogP contribution in [0.5, 0.6) is 34.5 Å². The molecule has 0 spiro atoms. The Labute approximate surface area is 358 Å². The number of para-hydroxylation sites is 4. The van der Waals surface area contributed by atoms with Gasteiger partial charge in [-0.3, -0.25) is 0 Å². The molecule has 0 bridgehead atoms. The lowest BCUT2D eigenvalue weighted by atomic mass is 9.92. The van der Waals surface area contributed by atoms with Crippen molar-refractivity contribution in [2.45, 2.75) is 116 Å². The molecule has 6 aromatic carbocycles. The average molecular weight is 809 g/mol. The first-order chi connectivity index (χ1) is 29.4. The molecule has 0 aromatic heterocycles. The van der Waals surface area contributed by atoms with Crippen LogP contribution < -0.4 is 18.9 Å².